The standard InChI is InChI=1S/C21H16O/c1-22-20-15-12-17(13-16-20)11-14-19-9-5-6-10-21(19)18-7-3-2-4-8-18/h2-10,12-13,15-16H,1H3/i7D. The van der Waals surface area contributed by atoms with Crippen LogP contribution in [0.1, 0.15) is 12.5 Å². The van der Waals surface area contributed by atoms with Gasteiger partial charge in [0.2, 0.25) is 0 Å². The van der Waals surface area contributed by atoms with Gasteiger partial charge in [-0.2, -0.15) is 0 Å². The van der Waals surface area contributed by atoms with Gasteiger partial charge in [-0.3, -0.25) is 0 Å². The van der Waals surface area contributed by atoms with E-state index < -0.39 is 0 Å². The first-order chi connectivity index (χ1) is 11.3. The van der Waals surface area contributed by atoms with Gasteiger partial charge in [0.25, 0.3) is 0 Å². The summed E-state index contributed by atoms with van der Waals surface area (Å²) >= 11 is 0. The van der Waals surface area contributed by atoms with E-state index in [1.165, 1.54) is 0 Å². The summed E-state index contributed by atoms with van der Waals surface area (Å²) in [7, 11) is 1.65. The first-order valence-corrected chi connectivity index (χ1v) is 7.09. The van der Waals surface area contributed by atoms with Gasteiger partial charge in [0.05, 0.1) is 8.48 Å². The molecule has 0 unspecified atom stereocenters. The predicted molar refractivity (Wildman–Crippen MR) is 90.9 cm³/mol. The van der Waals surface area contributed by atoms with Crippen molar-refractivity contribution in [1.82, 2.24) is 0 Å². The van der Waals surface area contributed by atoms with Gasteiger partial charge in [0.1, 0.15) is 5.75 Å². The summed E-state index contributed by atoms with van der Waals surface area (Å²) in [6.07, 6.45) is 0. The molecule has 106 valence electrons. The molecule has 0 aliphatic rings. The zero-order valence-electron chi connectivity index (χ0n) is 13.3. The summed E-state index contributed by atoms with van der Waals surface area (Å²) in [6.45, 7) is 0. The zero-order chi connectivity index (χ0) is 16.1. The molecular formula is C21H16O. The highest BCUT2D eigenvalue weighted by atomic mass is 16.5. The number of hydrogen-bond acceptors (Lipinski definition) is 1. The van der Waals surface area contributed by atoms with Crippen LogP contribution in [0.5, 0.6) is 5.75 Å². The molecule has 0 atom stereocenters. The predicted octanol–water partition coefficient (Wildman–Crippen LogP) is 4.76. The third-order valence-corrected chi connectivity index (χ3v) is 3.36. The van der Waals surface area contributed by atoms with Crippen LogP contribution in [0.2, 0.25) is 0 Å². The van der Waals surface area contributed by atoms with Crippen molar-refractivity contribution in [3.8, 4) is 28.7 Å². The van der Waals surface area contributed by atoms with Gasteiger partial charge in [0, 0.05) is 11.1 Å². The summed E-state index contributed by atoms with van der Waals surface area (Å²) in [4.78, 5) is 0. The molecule has 1 nitrogen and oxygen atoms in total. The molecule has 0 fully saturated rings. The van der Waals surface area contributed by atoms with Gasteiger partial charge in [-0.15, -0.1) is 0 Å². The lowest BCUT2D eigenvalue weighted by Crippen LogP contribution is -1.84. The first-order valence-electron chi connectivity index (χ1n) is 7.59. The summed E-state index contributed by atoms with van der Waals surface area (Å²) in [5.41, 5.74) is 3.73. The maximum absolute atomic E-state index is 8.08. The minimum atomic E-state index is 0.506. The molecule has 0 saturated carbocycles. The average Bonchev–Trinajstić information content (AvgIpc) is 2.61. The smallest absolute Gasteiger partial charge is 0.118 e. The highest BCUT2D eigenvalue weighted by Gasteiger charge is 2.01. The van der Waals surface area contributed by atoms with Crippen LogP contribution in [-0.4, -0.2) is 7.11 Å². The molecule has 0 bridgehead atoms. The van der Waals surface area contributed by atoms with Crippen LogP contribution in [0, 0.1) is 11.8 Å². The number of rotatable bonds is 2. The van der Waals surface area contributed by atoms with E-state index in [1.807, 2.05) is 66.7 Å². The largest absolute Gasteiger partial charge is 0.497 e. The quantitative estimate of drug-likeness (QED) is 0.617. The third-order valence-electron chi connectivity index (χ3n) is 3.36. The van der Waals surface area contributed by atoms with Crippen molar-refractivity contribution >= 4 is 0 Å². The van der Waals surface area contributed by atoms with Gasteiger partial charge in [-0.25, -0.2) is 0 Å². The molecule has 1 heteroatoms. The van der Waals surface area contributed by atoms with E-state index in [-0.39, 0.29) is 0 Å². The maximum atomic E-state index is 8.08. The Morgan fingerprint density at radius 3 is 2.36 bits per heavy atom. The van der Waals surface area contributed by atoms with E-state index in [9.17, 15) is 0 Å². The molecule has 22 heavy (non-hydrogen) atoms. The van der Waals surface area contributed by atoms with Crippen molar-refractivity contribution < 1.29 is 6.11 Å². The molecule has 0 amide bonds. The lowest BCUT2D eigenvalue weighted by Gasteiger charge is -2.04. The van der Waals surface area contributed by atoms with Crippen LogP contribution in [-0.2, 0) is 0 Å². The molecule has 0 heterocycles. The van der Waals surface area contributed by atoms with E-state index >= 15 is 0 Å². The van der Waals surface area contributed by atoms with Crippen molar-refractivity contribution in [2.45, 2.75) is 0 Å². The van der Waals surface area contributed by atoms with Gasteiger partial charge in [-0.05, 0) is 41.5 Å². The fourth-order valence-electron chi connectivity index (χ4n) is 2.20. The minimum absolute atomic E-state index is 0.506. The Bertz CT molecular complexity index is 870. The van der Waals surface area contributed by atoms with Crippen LogP contribution < -0.4 is 4.74 Å². The Morgan fingerprint density at radius 2 is 1.59 bits per heavy atom. The number of benzene rings is 3. The van der Waals surface area contributed by atoms with Gasteiger partial charge < -0.3 is 4.74 Å². The van der Waals surface area contributed by atoms with E-state index in [0.717, 1.165) is 28.0 Å². The lowest BCUT2D eigenvalue weighted by molar-refractivity contribution is 0.415. The van der Waals surface area contributed by atoms with Gasteiger partial charge in [0.15, 0.2) is 0 Å². The lowest BCUT2D eigenvalue weighted by atomic mass is 10.00. The average molecular weight is 285 g/mol. The summed E-state index contributed by atoms with van der Waals surface area (Å²) < 4.78 is 13.2. The summed E-state index contributed by atoms with van der Waals surface area (Å²) in [5.74, 6) is 7.21. The van der Waals surface area contributed by atoms with Crippen LogP contribution in [0.25, 0.3) is 11.1 Å². The Hall–Kier alpha value is -2.98. The van der Waals surface area contributed by atoms with E-state index in [2.05, 4.69) is 11.8 Å². The summed E-state index contributed by atoms with van der Waals surface area (Å²) in [6, 6.07) is 23.7. The second kappa shape index (κ2) is 6.65. The van der Waals surface area contributed by atoms with E-state index in [1.54, 1.807) is 13.2 Å². The van der Waals surface area contributed by atoms with Crippen molar-refractivity contribution in [3.05, 3.63) is 90.0 Å². The molecular weight excluding hydrogens is 268 g/mol. The Labute approximate surface area is 132 Å². The molecule has 0 saturated heterocycles. The topological polar surface area (TPSA) is 9.23 Å². The van der Waals surface area contributed by atoms with Gasteiger partial charge >= 0.3 is 0 Å². The van der Waals surface area contributed by atoms with Crippen LogP contribution >= 0.6 is 0 Å². The van der Waals surface area contributed by atoms with E-state index in [4.69, 9.17) is 6.11 Å². The van der Waals surface area contributed by atoms with Crippen LogP contribution in [0.15, 0.2) is 78.8 Å². The fourth-order valence-corrected chi connectivity index (χ4v) is 2.20. The molecule has 0 aliphatic carbocycles. The second-order valence-corrected chi connectivity index (χ2v) is 4.80. The molecule has 3 rings (SSSR count). The highest BCUT2D eigenvalue weighted by molar-refractivity contribution is 5.71. The zero-order valence-corrected chi connectivity index (χ0v) is 12.3. The molecule has 3 aromatic rings. The Kier molecular flexibility index (Phi) is 3.85. The second-order valence-electron chi connectivity index (χ2n) is 4.80. The van der Waals surface area contributed by atoms with Gasteiger partial charge in [-0.1, -0.05) is 60.3 Å². The Morgan fingerprint density at radius 1 is 0.818 bits per heavy atom. The van der Waals surface area contributed by atoms with E-state index in [0.29, 0.717) is 6.04 Å². The van der Waals surface area contributed by atoms with Crippen molar-refractivity contribution in [2.75, 3.05) is 7.11 Å². The first kappa shape index (κ1) is 12.7. The third kappa shape index (κ3) is 3.19. The molecule has 0 aliphatic heterocycles. The molecule has 0 aromatic heterocycles. The van der Waals surface area contributed by atoms with Crippen molar-refractivity contribution in [1.29, 1.82) is 0 Å². The van der Waals surface area contributed by atoms with Crippen LogP contribution in [0.4, 0.5) is 0 Å². The number of hydrogen-bond donors (Lipinski definition) is 0. The molecule has 0 N–H and O–H groups in total. The van der Waals surface area contributed by atoms with Crippen molar-refractivity contribution in [3.63, 3.8) is 0 Å². The molecule has 0 spiro atoms. The normalized spacial score (nSPS) is 10.3. The highest BCUT2D eigenvalue weighted by Crippen LogP contribution is 2.22. The fraction of sp³-hybridized carbons (Fsp3) is 0.0476. The van der Waals surface area contributed by atoms with Crippen LogP contribution in [0.3, 0.4) is 0 Å². The monoisotopic (exact) mass is 285 g/mol. The summed E-state index contributed by atoms with van der Waals surface area (Å²) in [5, 5.41) is 0. The number of ether oxygens (including phenoxy) is 1. The minimum Gasteiger partial charge on any atom is -0.497 e. The maximum Gasteiger partial charge on any atom is 0.118 e. The molecule has 3 aromatic carbocycles. The number of methoxy groups -OCH3 is 1. The Balaban J connectivity index is 1.99. The van der Waals surface area contributed by atoms with Crippen molar-refractivity contribution in [2.24, 2.45) is 0 Å². The SMILES string of the molecule is [2H]c1ccccc1-c1ccccc1C#Cc1ccc(OC)cc1. The molecule has 0 radical (unpaired) electrons.